The normalized spacial score (nSPS) is 11.0. The van der Waals surface area contributed by atoms with E-state index in [1.165, 1.54) is 17.7 Å². The monoisotopic (exact) mass is 295 g/mol. The van der Waals surface area contributed by atoms with Crippen LogP contribution in [0, 0.1) is 13.8 Å². The number of phenolic OH excluding ortho intramolecular Hbond substituents is 2. The molecule has 22 heavy (non-hydrogen) atoms. The molecule has 0 bridgehead atoms. The summed E-state index contributed by atoms with van der Waals surface area (Å²) in [5.74, 6) is -0.111. The number of aromatic nitrogens is 1. The van der Waals surface area contributed by atoms with E-state index in [0.29, 0.717) is 22.9 Å². The van der Waals surface area contributed by atoms with Crippen molar-refractivity contribution >= 4 is 10.9 Å². The van der Waals surface area contributed by atoms with Gasteiger partial charge in [0.25, 0.3) is 5.56 Å². The number of aryl methyl sites for hydroxylation is 2. The third kappa shape index (κ3) is 2.44. The van der Waals surface area contributed by atoms with E-state index in [1.54, 1.807) is 0 Å². The molecule has 0 aliphatic heterocycles. The molecule has 3 N–H and O–H groups in total. The molecule has 0 saturated carbocycles. The van der Waals surface area contributed by atoms with Crippen LogP contribution >= 0.6 is 0 Å². The molecule has 3 aromatic rings. The lowest BCUT2D eigenvalue weighted by Crippen LogP contribution is -2.15. The van der Waals surface area contributed by atoms with Crippen LogP contribution in [0.3, 0.4) is 0 Å². The Balaban J connectivity index is 2.18. The Labute approximate surface area is 127 Å². The molecule has 1 aromatic heterocycles. The fraction of sp³-hybridized carbons (Fsp3) is 0.167. The van der Waals surface area contributed by atoms with Crippen LogP contribution in [0.1, 0.15) is 22.3 Å². The first-order valence-corrected chi connectivity index (χ1v) is 7.08. The zero-order valence-corrected chi connectivity index (χ0v) is 12.5. The van der Waals surface area contributed by atoms with Crippen molar-refractivity contribution in [1.29, 1.82) is 0 Å². The number of H-pyrrole nitrogens is 1. The van der Waals surface area contributed by atoms with E-state index in [9.17, 15) is 15.0 Å². The van der Waals surface area contributed by atoms with E-state index >= 15 is 0 Å². The van der Waals surface area contributed by atoms with E-state index in [2.05, 4.69) is 4.98 Å². The van der Waals surface area contributed by atoms with Crippen molar-refractivity contribution in [3.05, 3.63) is 69.0 Å². The van der Waals surface area contributed by atoms with Crippen molar-refractivity contribution in [1.82, 2.24) is 4.98 Å². The van der Waals surface area contributed by atoms with Crippen LogP contribution in [0.25, 0.3) is 10.9 Å². The Kier molecular flexibility index (Phi) is 3.37. The van der Waals surface area contributed by atoms with Crippen molar-refractivity contribution in [2.45, 2.75) is 20.3 Å². The van der Waals surface area contributed by atoms with Crippen molar-refractivity contribution in [3.8, 4) is 11.5 Å². The Bertz CT molecular complexity index is 908. The number of rotatable bonds is 2. The van der Waals surface area contributed by atoms with Gasteiger partial charge in [0.05, 0.1) is 5.52 Å². The summed E-state index contributed by atoms with van der Waals surface area (Å²) in [4.78, 5) is 15.1. The molecule has 0 aliphatic carbocycles. The van der Waals surface area contributed by atoms with Crippen LogP contribution in [-0.4, -0.2) is 15.2 Å². The quantitative estimate of drug-likeness (QED) is 0.680. The first kappa shape index (κ1) is 14.2. The molecule has 4 heteroatoms. The summed E-state index contributed by atoms with van der Waals surface area (Å²) in [6, 6.07) is 10.7. The standard InChI is InChI=1S/C18H17NO3/c1-10-3-5-12(6-4-10)7-14-11(2)17-15(19-18(14)22)8-13(20)9-16(17)21/h3-6,8-9,20-21H,7H2,1-2H3,(H,19,22). The second-order valence-corrected chi connectivity index (χ2v) is 5.61. The van der Waals surface area contributed by atoms with Gasteiger partial charge >= 0.3 is 0 Å². The predicted octanol–water partition coefficient (Wildman–Crippen LogP) is 3.15. The van der Waals surface area contributed by atoms with Crippen LogP contribution in [0.2, 0.25) is 0 Å². The first-order valence-electron chi connectivity index (χ1n) is 7.08. The number of pyridine rings is 1. The molecule has 1 heterocycles. The highest BCUT2D eigenvalue weighted by Gasteiger charge is 2.13. The second kappa shape index (κ2) is 5.22. The summed E-state index contributed by atoms with van der Waals surface area (Å²) in [6.07, 6.45) is 0.498. The van der Waals surface area contributed by atoms with Gasteiger partial charge in [0.15, 0.2) is 0 Å². The Morgan fingerprint density at radius 3 is 2.41 bits per heavy atom. The highest BCUT2D eigenvalue weighted by Crippen LogP contribution is 2.31. The van der Waals surface area contributed by atoms with Crippen LogP contribution in [0.15, 0.2) is 41.2 Å². The van der Waals surface area contributed by atoms with Gasteiger partial charge in [-0.05, 0) is 25.0 Å². The van der Waals surface area contributed by atoms with Crippen molar-refractivity contribution in [3.63, 3.8) is 0 Å². The number of nitrogens with one attached hydrogen (secondary N) is 1. The molecular weight excluding hydrogens is 278 g/mol. The molecule has 0 saturated heterocycles. The van der Waals surface area contributed by atoms with Crippen molar-refractivity contribution in [2.75, 3.05) is 0 Å². The van der Waals surface area contributed by atoms with Gasteiger partial charge in [-0.3, -0.25) is 4.79 Å². The number of phenols is 2. The summed E-state index contributed by atoms with van der Waals surface area (Å²) in [5, 5.41) is 20.2. The molecule has 0 radical (unpaired) electrons. The zero-order chi connectivity index (χ0) is 15.9. The number of aromatic amines is 1. The highest BCUT2D eigenvalue weighted by molar-refractivity contribution is 5.90. The van der Waals surface area contributed by atoms with Crippen LogP contribution in [0.5, 0.6) is 11.5 Å². The van der Waals surface area contributed by atoms with Crippen LogP contribution in [0.4, 0.5) is 0 Å². The van der Waals surface area contributed by atoms with Gasteiger partial charge in [-0.15, -0.1) is 0 Å². The highest BCUT2D eigenvalue weighted by atomic mass is 16.3. The molecule has 2 aromatic carbocycles. The predicted molar refractivity (Wildman–Crippen MR) is 86.6 cm³/mol. The maximum atomic E-state index is 12.3. The van der Waals surface area contributed by atoms with Crippen LogP contribution < -0.4 is 5.56 Å². The van der Waals surface area contributed by atoms with Gasteiger partial charge in [0.2, 0.25) is 0 Å². The van der Waals surface area contributed by atoms with Gasteiger partial charge in [-0.2, -0.15) is 0 Å². The largest absolute Gasteiger partial charge is 0.508 e. The third-order valence-electron chi connectivity index (χ3n) is 3.95. The molecule has 4 nitrogen and oxygen atoms in total. The van der Waals surface area contributed by atoms with E-state index in [1.807, 2.05) is 38.1 Å². The molecule has 0 fully saturated rings. The minimum atomic E-state index is -0.199. The number of hydrogen-bond donors (Lipinski definition) is 3. The topological polar surface area (TPSA) is 73.3 Å². The van der Waals surface area contributed by atoms with E-state index in [4.69, 9.17) is 0 Å². The van der Waals surface area contributed by atoms with Gasteiger partial charge in [-0.25, -0.2) is 0 Å². The Hall–Kier alpha value is -2.75. The average molecular weight is 295 g/mol. The van der Waals surface area contributed by atoms with Crippen LogP contribution in [-0.2, 0) is 6.42 Å². The smallest absolute Gasteiger partial charge is 0.252 e. The average Bonchev–Trinajstić information content (AvgIpc) is 2.44. The summed E-state index contributed by atoms with van der Waals surface area (Å²) in [5.41, 5.74) is 3.80. The summed E-state index contributed by atoms with van der Waals surface area (Å²) >= 11 is 0. The molecule has 3 rings (SSSR count). The lowest BCUT2D eigenvalue weighted by molar-refractivity contribution is 0.455. The molecule has 0 amide bonds. The SMILES string of the molecule is Cc1ccc(Cc2c(C)c3c(O)cc(O)cc3[nH]c2=O)cc1. The Morgan fingerprint density at radius 1 is 1.05 bits per heavy atom. The molecule has 0 spiro atoms. The maximum Gasteiger partial charge on any atom is 0.252 e. The van der Waals surface area contributed by atoms with E-state index < -0.39 is 0 Å². The first-order chi connectivity index (χ1) is 10.5. The third-order valence-corrected chi connectivity index (χ3v) is 3.95. The molecule has 0 unspecified atom stereocenters. The lowest BCUT2D eigenvalue weighted by atomic mass is 9.97. The fourth-order valence-corrected chi connectivity index (χ4v) is 2.75. The lowest BCUT2D eigenvalue weighted by Gasteiger charge is -2.11. The van der Waals surface area contributed by atoms with E-state index in [0.717, 1.165) is 11.1 Å². The maximum absolute atomic E-state index is 12.3. The van der Waals surface area contributed by atoms with Gasteiger partial charge in [0.1, 0.15) is 11.5 Å². The minimum absolute atomic E-state index is 0.0334. The summed E-state index contributed by atoms with van der Waals surface area (Å²) in [7, 11) is 0. The van der Waals surface area contributed by atoms with Gasteiger partial charge in [-0.1, -0.05) is 29.8 Å². The minimum Gasteiger partial charge on any atom is -0.508 e. The molecule has 0 atom stereocenters. The summed E-state index contributed by atoms with van der Waals surface area (Å²) in [6.45, 7) is 3.83. The second-order valence-electron chi connectivity index (χ2n) is 5.61. The molecule has 112 valence electrons. The molecule has 0 aliphatic rings. The fourth-order valence-electron chi connectivity index (χ4n) is 2.75. The van der Waals surface area contributed by atoms with Gasteiger partial charge in [0, 0.05) is 29.5 Å². The molecular formula is C18H17NO3. The zero-order valence-electron chi connectivity index (χ0n) is 12.5. The van der Waals surface area contributed by atoms with E-state index in [-0.39, 0.29) is 17.1 Å². The number of hydrogen-bond acceptors (Lipinski definition) is 3. The van der Waals surface area contributed by atoms with Crippen molar-refractivity contribution < 1.29 is 10.2 Å². The van der Waals surface area contributed by atoms with Gasteiger partial charge < -0.3 is 15.2 Å². The number of benzene rings is 2. The number of fused-ring (bicyclic) bond motifs is 1. The Morgan fingerprint density at radius 2 is 1.73 bits per heavy atom. The number of aromatic hydroxyl groups is 2. The van der Waals surface area contributed by atoms with Crippen molar-refractivity contribution in [2.24, 2.45) is 0 Å². The summed E-state index contributed by atoms with van der Waals surface area (Å²) < 4.78 is 0.